The van der Waals surface area contributed by atoms with E-state index in [1.54, 1.807) is 0 Å². The summed E-state index contributed by atoms with van der Waals surface area (Å²) in [6.45, 7) is 3.17. The number of aryl methyl sites for hydroxylation is 1. The Hall–Kier alpha value is -1.68. The van der Waals surface area contributed by atoms with Gasteiger partial charge in [-0.05, 0) is 26.3 Å². The van der Waals surface area contributed by atoms with Crippen molar-refractivity contribution in [2.75, 3.05) is 6.54 Å². The summed E-state index contributed by atoms with van der Waals surface area (Å²) in [6, 6.07) is 8.67. The van der Waals surface area contributed by atoms with Crippen LogP contribution in [0.1, 0.15) is 24.3 Å². The molecule has 0 spiro atoms. The summed E-state index contributed by atoms with van der Waals surface area (Å²) < 4.78 is 5.31. The van der Waals surface area contributed by atoms with E-state index in [1.165, 1.54) is 18.4 Å². The second-order valence-corrected chi connectivity index (χ2v) is 4.88. The predicted octanol–water partition coefficient (Wildman–Crippen LogP) is 2.34. The lowest BCUT2D eigenvalue weighted by Crippen LogP contribution is -2.23. The molecule has 0 bridgehead atoms. The highest BCUT2D eigenvalue weighted by Gasteiger charge is 2.18. The van der Waals surface area contributed by atoms with Gasteiger partial charge in [-0.1, -0.05) is 35.0 Å². The van der Waals surface area contributed by atoms with Crippen molar-refractivity contribution < 1.29 is 4.52 Å². The Morgan fingerprint density at radius 1 is 1.33 bits per heavy atom. The normalized spacial score (nSPS) is 19.3. The first-order valence-electron chi connectivity index (χ1n) is 6.44. The summed E-state index contributed by atoms with van der Waals surface area (Å²) in [7, 11) is 0. The average molecular weight is 243 g/mol. The van der Waals surface area contributed by atoms with Crippen molar-refractivity contribution in [1.82, 2.24) is 15.5 Å². The second-order valence-electron chi connectivity index (χ2n) is 4.88. The molecule has 1 N–H and O–H groups in total. The van der Waals surface area contributed by atoms with Crippen LogP contribution in [0.5, 0.6) is 0 Å². The van der Waals surface area contributed by atoms with E-state index in [1.807, 2.05) is 12.1 Å². The van der Waals surface area contributed by atoms with Crippen molar-refractivity contribution in [3.63, 3.8) is 0 Å². The van der Waals surface area contributed by atoms with Gasteiger partial charge in [-0.25, -0.2) is 0 Å². The molecule has 2 aromatic rings. The van der Waals surface area contributed by atoms with E-state index in [9.17, 15) is 0 Å². The Balaban J connectivity index is 1.74. The molecule has 1 aromatic carbocycles. The topological polar surface area (TPSA) is 51.0 Å². The van der Waals surface area contributed by atoms with E-state index in [0.717, 1.165) is 24.4 Å². The Kier molecular flexibility index (Phi) is 3.11. The number of nitrogens with one attached hydrogen (secondary N) is 1. The lowest BCUT2D eigenvalue weighted by Gasteiger charge is -2.04. The van der Waals surface area contributed by atoms with Gasteiger partial charge in [-0.2, -0.15) is 4.98 Å². The fourth-order valence-electron chi connectivity index (χ4n) is 2.30. The van der Waals surface area contributed by atoms with E-state index >= 15 is 0 Å². The van der Waals surface area contributed by atoms with Crippen LogP contribution in [0.4, 0.5) is 0 Å². The Labute approximate surface area is 106 Å². The largest absolute Gasteiger partial charge is 0.339 e. The van der Waals surface area contributed by atoms with Gasteiger partial charge in [0.25, 0.3) is 0 Å². The fourth-order valence-corrected chi connectivity index (χ4v) is 2.30. The molecule has 4 nitrogen and oxygen atoms in total. The molecule has 3 rings (SSSR count). The van der Waals surface area contributed by atoms with Crippen LogP contribution < -0.4 is 5.32 Å². The summed E-state index contributed by atoms with van der Waals surface area (Å²) in [5.41, 5.74) is 2.24. The molecule has 4 heteroatoms. The van der Waals surface area contributed by atoms with Crippen LogP contribution in [-0.2, 0) is 6.42 Å². The van der Waals surface area contributed by atoms with Crippen molar-refractivity contribution in [1.29, 1.82) is 0 Å². The Bertz CT molecular complexity index is 512. The van der Waals surface area contributed by atoms with Gasteiger partial charge in [0.2, 0.25) is 11.7 Å². The molecule has 0 radical (unpaired) electrons. The first-order valence-corrected chi connectivity index (χ1v) is 6.44. The van der Waals surface area contributed by atoms with E-state index in [2.05, 4.69) is 34.5 Å². The molecule has 1 fully saturated rings. The molecule has 94 valence electrons. The van der Waals surface area contributed by atoms with Crippen LogP contribution >= 0.6 is 0 Å². The van der Waals surface area contributed by atoms with Crippen LogP contribution in [0.2, 0.25) is 0 Å². The summed E-state index contributed by atoms with van der Waals surface area (Å²) >= 11 is 0. The summed E-state index contributed by atoms with van der Waals surface area (Å²) in [5.74, 6) is 1.41. The van der Waals surface area contributed by atoms with Crippen LogP contribution in [0.3, 0.4) is 0 Å². The van der Waals surface area contributed by atoms with E-state index < -0.39 is 0 Å². The van der Waals surface area contributed by atoms with Crippen molar-refractivity contribution in [2.24, 2.45) is 0 Å². The highest BCUT2D eigenvalue weighted by atomic mass is 16.5. The maximum atomic E-state index is 5.31. The first-order chi connectivity index (χ1) is 8.81. The molecule has 0 amide bonds. The first kappa shape index (κ1) is 11.4. The molecular formula is C14H17N3O. The minimum absolute atomic E-state index is 0.497. The summed E-state index contributed by atoms with van der Waals surface area (Å²) in [4.78, 5) is 4.46. The van der Waals surface area contributed by atoms with Gasteiger partial charge in [0.15, 0.2) is 0 Å². The molecule has 0 aliphatic carbocycles. The molecule has 1 aliphatic rings. The Morgan fingerprint density at radius 2 is 2.17 bits per heavy atom. The third kappa shape index (κ3) is 2.43. The van der Waals surface area contributed by atoms with Crippen LogP contribution in [-0.4, -0.2) is 22.7 Å². The van der Waals surface area contributed by atoms with Gasteiger partial charge in [-0.15, -0.1) is 0 Å². The van der Waals surface area contributed by atoms with Crippen molar-refractivity contribution in [3.8, 4) is 11.4 Å². The molecule has 1 atom stereocenters. The number of hydrogen-bond donors (Lipinski definition) is 1. The van der Waals surface area contributed by atoms with Crippen molar-refractivity contribution in [2.45, 2.75) is 32.2 Å². The summed E-state index contributed by atoms with van der Waals surface area (Å²) in [6.07, 6.45) is 3.27. The van der Waals surface area contributed by atoms with E-state index in [-0.39, 0.29) is 0 Å². The van der Waals surface area contributed by atoms with E-state index in [0.29, 0.717) is 11.9 Å². The third-order valence-corrected chi connectivity index (χ3v) is 3.36. The SMILES string of the molecule is Cc1ccc(-c2noc(C[C@@H]3CCCN3)n2)cc1. The van der Waals surface area contributed by atoms with Gasteiger partial charge >= 0.3 is 0 Å². The minimum atomic E-state index is 0.497. The van der Waals surface area contributed by atoms with Gasteiger partial charge < -0.3 is 9.84 Å². The molecule has 0 saturated carbocycles. The molecule has 1 saturated heterocycles. The zero-order chi connectivity index (χ0) is 12.4. The zero-order valence-electron chi connectivity index (χ0n) is 10.5. The van der Waals surface area contributed by atoms with Crippen molar-refractivity contribution in [3.05, 3.63) is 35.7 Å². The molecule has 0 unspecified atom stereocenters. The standard InChI is InChI=1S/C14H17N3O/c1-10-4-6-11(7-5-10)14-16-13(18-17-14)9-12-3-2-8-15-12/h4-7,12,15H,2-3,8-9H2,1H3/t12-/m0/s1. The zero-order valence-corrected chi connectivity index (χ0v) is 10.5. The number of aromatic nitrogens is 2. The van der Waals surface area contributed by atoms with E-state index in [4.69, 9.17) is 4.52 Å². The van der Waals surface area contributed by atoms with Crippen LogP contribution in [0, 0.1) is 6.92 Å². The maximum Gasteiger partial charge on any atom is 0.228 e. The monoisotopic (exact) mass is 243 g/mol. The number of benzene rings is 1. The second kappa shape index (κ2) is 4.90. The minimum Gasteiger partial charge on any atom is -0.339 e. The van der Waals surface area contributed by atoms with Gasteiger partial charge in [0, 0.05) is 18.0 Å². The molecular weight excluding hydrogens is 226 g/mol. The number of rotatable bonds is 3. The lowest BCUT2D eigenvalue weighted by atomic mass is 10.1. The number of nitrogens with zero attached hydrogens (tertiary/aromatic N) is 2. The third-order valence-electron chi connectivity index (χ3n) is 3.36. The van der Waals surface area contributed by atoms with Crippen LogP contribution in [0.15, 0.2) is 28.8 Å². The molecule has 1 aromatic heterocycles. The quantitative estimate of drug-likeness (QED) is 0.899. The maximum absolute atomic E-state index is 5.31. The van der Waals surface area contributed by atoms with Gasteiger partial charge in [0.05, 0.1) is 0 Å². The van der Waals surface area contributed by atoms with Gasteiger partial charge in [-0.3, -0.25) is 0 Å². The van der Waals surface area contributed by atoms with Gasteiger partial charge in [0.1, 0.15) is 0 Å². The smallest absolute Gasteiger partial charge is 0.228 e. The predicted molar refractivity (Wildman–Crippen MR) is 69.2 cm³/mol. The average Bonchev–Trinajstić information content (AvgIpc) is 3.02. The van der Waals surface area contributed by atoms with Crippen molar-refractivity contribution >= 4 is 0 Å². The Morgan fingerprint density at radius 3 is 2.89 bits per heavy atom. The molecule has 1 aliphatic heterocycles. The highest BCUT2D eigenvalue weighted by molar-refractivity contribution is 5.54. The number of hydrogen-bond acceptors (Lipinski definition) is 4. The van der Waals surface area contributed by atoms with Crippen LogP contribution in [0.25, 0.3) is 11.4 Å². The lowest BCUT2D eigenvalue weighted by molar-refractivity contribution is 0.364. The molecule has 2 heterocycles. The molecule has 18 heavy (non-hydrogen) atoms. The highest BCUT2D eigenvalue weighted by Crippen LogP contribution is 2.18. The fraction of sp³-hybridized carbons (Fsp3) is 0.429. The summed E-state index contributed by atoms with van der Waals surface area (Å²) in [5, 5.41) is 7.48.